The van der Waals surface area contributed by atoms with Gasteiger partial charge in [-0.05, 0) is 24.6 Å². The van der Waals surface area contributed by atoms with Crippen LogP contribution in [0.2, 0.25) is 5.02 Å². The molecule has 2 N–H and O–H groups in total. The normalized spacial score (nSPS) is 10.3. The molecule has 2 amide bonds. The Bertz CT molecular complexity index is 429. The van der Waals surface area contributed by atoms with Gasteiger partial charge < -0.3 is 15.3 Å². The predicted molar refractivity (Wildman–Crippen MR) is 81.7 cm³/mol. The fraction of sp³-hybridized carbons (Fsp3) is 0.462. The van der Waals surface area contributed by atoms with Crippen LogP contribution < -0.4 is 5.32 Å². The average Bonchev–Trinajstić information content (AvgIpc) is 2.37. The zero-order valence-electron chi connectivity index (χ0n) is 10.8. The standard InChI is InChI=1S/C13H18BrClN2O2/c1-2-3-6-17(7-8-18)13(19)16-12-5-4-10(14)9-11(12)15/h4-5,9,18H,2-3,6-8H2,1H3,(H,16,19). The monoisotopic (exact) mass is 348 g/mol. The predicted octanol–water partition coefficient (Wildman–Crippen LogP) is 3.73. The summed E-state index contributed by atoms with van der Waals surface area (Å²) in [7, 11) is 0. The van der Waals surface area contributed by atoms with E-state index < -0.39 is 0 Å². The Labute approximate surface area is 126 Å². The van der Waals surface area contributed by atoms with Gasteiger partial charge in [0.25, 0.3) is 0 Å². The number of carbonyl (C=O) groups excluding carboxylic acids is 1. The molecule has 0 heterocycles. The smallest absolute Gasteiger partial charge is 0.321 e. The zero-order valence-corrected chi connectivity index (χ0v) is 13.2. The second-order valence-electron chi connectivity index (χ2n) is 4.12. The van der Waals surface area contributed by atoms with E-state index in [9.17, 15) is 4.79 Å². The van der Waals surface area contributed by atoms with Crippen LogP contribution in [-0.4, -0.2) is 35.7 Å². The summed E-state index contributed by atoms with van der Waals surface area (Å²) >= 11 is 9.36. The number of aliphatic hydroxyl groups excluding tert-OH is 1. The van der Waals surface area contributed by atoms with Crippen LogP contribution in [0.15, 0.2) is 22.7 Å². The summed E-state index contributed by atoms with van der Waals surface area (Å²) in [5, 5.41) is 12.2. The number of halogens is 2. The van der Waals surface area contributed by atoms with Gasteiger partial charge in [-0.2, -0.15) is 0 Å². The Balaban J connectivity index is 2.69. The van der Waals surface area contributed by atoms with E-state index in [0.717, 1.165) is 17.3 Å². The maximum absolute atomic E-state index is 12.1. The Kier molecular flexibility index (Phi) is 7.20. The largest absolute Gasteiger partial charge is 0.395 e. The molecular formula is C13H18BrClN2O2. The van der Waals surface area contributed by atoms with Crippen molar-refractivity contribution in [3.05, 3.63) is 27.7 Å². The summed E-state index contributed by atoms with van der Waals surface area (Å²) in [6, 6.07) is 5.02. The van der Waals surface area contributed by atoms with E-state index in [-0.39, 0.29) is 12.6 Å². The van der Waals surface area contributed by atoms with Crippen LogP contribution in [0.25, 0.3) is 0 Å². The minimum Gasteiger partial charge on any atom is -0.395 e. The minimum atomic E-state index is -0.244. The number of carbonyl (C=O) groups is 1. The number of aliphatic hydroxyl groups is 1. The van der Waals surface area contributed by atoms with Crippen LogP contribution in [0.1, 0.15) is 19.8 Å². The minimum absolute atomic E-state index is 0.0504. The van der Waals surface area contributed by atoms with Crippen molar-refractivity contribution in [3.63, 3.8) is 0 Å². The molecule has 1 rings (SSSR count). The van der Waals surface area contributed by atoms with Gasteiger partial charge >= 0.3 is 6.03 Å². The molecule has 0 unspecified atom stereocenters. The summed E-state index contributed by atoms with van der Waals surface area (Å²) in [5.41, 5.74) is 0.564. The van der Waals surface area contributed by atoms with Crippen LogP contribution in [0, 0.1) is 0 Å². The molecule has 0 aliphatic rings. The van der Waals surface area contributed by atoms with Gasteiger partial charge in [-0.3, -0.25) is 0 Å². The van der Waals surface area contributed by atoms with E-state index in [0.29, 0.717) is 23.8 Å². The highest BCUT2D eigenvalue weighted by Crippen LogP contribution is 2.25. The number of anilines is 1. The first-order chi connectivity index (χ1) is 9.08. The number of urea groups is 1. The number of nitrogens with one attached hydrogen (secondary N) is 1. The van der Waals surface area contributed by atoms with Crippen molar-refractivity contribution in [2.75, 3.05) is 25.0 Å². The Morgan fingerprint density at radius 3 is 2.79 bits per heavy atom. The maximum atomic E-state index is 12.1. The maximum Gasteiger partial charge on any atom is 0.321 e. The number of unbranched alkanes of at least 4 members (excludes halogenated alkanes) is 1. The van der Waals surface area contributed by atoms with Crippen LogP contribution >= 0.6 is 27.5 Å². The zero-order chi connectivity index (χ0) is 14.3. The summed E-state index contributed by atoms with van der Waals surface area (Å²) < 4.78 is 0.855. The fourth-order valence-corrected chi connectivity index (χ4v) is 2.29. The molecule has 106 valence electrons. The van der Waals surface area contributed by atoms with Crippen LogP contribution in [0.3, 0.4) is 0 Å². The Hall–Kier alpha value is -0.780. The Morgan fingerprint density at radius 1 is 1.47 bits per heavy atom. The summed E-state index contributed by atoms with van der Waals surface area (Å²) in [5.74, 6) is 0. The molecule has 0 aliphatic heterocycles. The van der Waals surface area contributed by atoms with Crippen molar-refractivity contribution in [3.8, 4) is 0 Å². The molecule has 0 atom stereocenters. The summed E-state index contributed by atoms with van der Waals surface area (Å²) in [4.78, 5) is 13.7. The van der Waals surface area contributed by atoms with E-state index in [1.807, 2.05) is 6.07 Å². The number of hydrogen-bond donors (Lipinski definition) is 2. The summed E-state index contributed by atoms with van der Waals surface area (Å²) in [6.07, 6.45) is 1.90. The highest BCUT2D eigenvalue weighted by atomic mass is 79.9. The van der Waals surface area contributed by atoms with Gasteiger partial charge in [-0.15, -0.1) is 0 Å². The van der Waals surface area contributed by atoms with Crippen LogP contribution in [-0.2, 0) is 0 Å². The lowest BCUT2D eigenvalue weighted by atomic mass is 10.3. The fourth-order valence-electron chi connectivity index (χ4n) is 1.57. The van der Waals surface area contributed by atoms with Gasteiger partial charge in [0, 0.05) is 17.6 Å². The van der Waals surface area contributed by atoms with Gasteiger partial charge in [0.2, 0.25) is 0 Å². The van der Waals surface area contributed by atoms with E-state index in [1.54, 1.807) is 17.0 Å². The SMILES string of the molecule is CCCCN(CCO)C(=O)Nc1ccc(Br)cc1Cl. The van der Waals surface area contributed by atoms with E-state index in [1.165, 1.54) is 0 Å². The number of amides is 2. The molecule has 19 heavy (non-hydrogen) atoms. The first kappa shape index (κ1) is 16.3. The first-order valence-electron chi connectivity index (χ1n) is 6.20. The van der Waals surface area contributed by atoms with Crippen molar-refractivity contribution in [1.82, 2.24) is 4.90 Å². The third-order valence-electron chi connectivity index (χ3n) is 2.61. The molecule has 0 radical (unpaired) electrons. The van der Waals surface area contributed by atoms with Crippen molar-refractivity contribution >= 4 is 39.2 Å². The van der Waals surface area contributed by atoms with Crippen molar-refractivity contribution in [2.24, 2.45) is 0 Å². The van der Waals surface area contributed by atoms with Gasteiger partial charge in [0.15, 0.2) is 0 Å². The number of nitrogens with zero attached hydrogens (tertiary/aromatic N) is 1. The number of rotatable bonds is 6. The molecule has 0 saturated carbocycles. The summed E-state index contributed by atoms with van der Waals surface area (Å²) in [6.45, 7) is 2.95. The lowest BCUT2D eigenvalue weighted by Gasteiger charge is -2.22. The van der Waals surface area contributed by atoms with E-state index in [2.05, 4.69) is 28.2 Å². The first-order valence-corrected chi connectivity index (χ1v) is 7.37. The highest BCUT2D eigenvalue weighted by Gasteiger charge is 2.13. The van der Waals surface area contributed by atoms with Gasteiger partial charge in [0.05, 0.1) is 17.3 Å². The molecule has 0 aromatic heterocycles. The highest BCUT2D eigenvalue weighted by molar-refractivity contribution is 9.10. The lowest BCUT2D eigenvalue weighted by molar-refractivity contribution is 0.187. The molecule has 1 aromatic rings. The molecule has 0 saturated heterocycles. The molecule has 0 spiro atoms. The third kappa shape index (κ3) is 5.38. The quantitative estimate of drug-likeness (QED) is 0.822. The molecule has 0 fully saturated rings. The van der Waals surface area contributed by atoms with Gasteiger partial charge in [0.1, 0.15) is 0 Å². The number of hydrogen-bond acceptors (Lipinski definition) is 2. The van der Waals surface area contributed by atoms with Gasteiger partial charge in [-0.1, -0.05) is 40.9 Å². The average molecular weight is 350 g/mol. The van der Waals surface area contributed by atoms with Crippen LogP contribution in [0.5, 0.6) is 0 Å². The molecule has 1 aromatic carbocycles. The van der Waals surface area contributed by atoms with Crippen LogP contribution in [0.4, 0.5) is 10.5 Å². The number of benzene rings is 1. The van der Waals surface area contributed by atoms with Crippen molar-refractivity contribution < 1.29 is 9.90 Å². The molecule has 6 heteroatoms. The third-order valence-corrected chi connectivity index (χ3v) is 3.42. The Morgan fingerprint density at radius 2 is 2.21 bits per heavy atom. The molecule has 4 nitrogen and oxygen atoms in total. The topological polar surface area (TPSA) is 52.6 Å². The molecular weight excluding hydrogens is 332 g/mol. The molecule has 0 aliphatic carbocycles. The van der Waals surface area contributed by atoms with E-state index in [4.69, 9.17) is 16.7 Å². The van der Waals surface area contributed by atoms with Crippen molar-refractivity contribution in [2.45, 2.75) is 19.8 Å². The molecule has 0 bridgehead atoms. The second-order valence-corrected chi connectivity index (χ2v) is 5.44. The van der Waals surface area contributed by atoms with Crippen molar-refractivity contribution in [1.29, 1.82) is 0 Å². The van der Waals surface area contributed by atoms with Gasteiger partial charge in [-0.25, -0.2) is 4.79 Å². The lowest BCUT2D eigenvalue weighted by Crippen LogP contribution is -2.37. The second kappa shape index (κ2) is 8.40. The van der Waals surface area contributed by atoms with E-state index >= 15 is 0 Å².